The van der Waals surface area contributed by atoms with Gasteiger partial charge in [0.25, 0.3) is 0 Å². The quantitative estimate of drug-likeness (QED) is 0.179. The van der Waals surface area contributed by atoms with Gasteiger partial charge >= 0.3 is 5.97 Å². The van der Waals surface area contributed by atoms with E-state index >= 15 is 0 Å². The van der Waals surface area contributed by atoms with Crippen molar-refractivity contribution in [1.29, 1.82) is 0 Å². The highest BCUT2D eigenvalue weighted by atomic mass is 32.2. The number of methoxy groups -OCH3 is 4. The average molecular weight is 587 g/mol. The Hall–Kier alpha value is -3.51. The Morgan fingerprint density at radius 2 is 1.75 bits per heavy atom. The first kappa shape index (κ1) is 29.5. The van der Waals surface area contributed by atoms with E-state index in [9.17, 15) is 9.59 Å². The first-order chi connectivity index (χ1) is 19.4. The minimum atomic E-state index is -0.415. The molecule has 0 saturated carbocycles. The lowest BCUT2D eigenvalue weighted by Gasteiger charge is -2.14. The Bertz CT molecular complexity index is 1360. The zero-order chi connectivity index (χ0) is 28.6. The predicted molar refractivity (Wildman–Crippen MR) is 156 cm³/mol. The number of rotatable bonds is 11. The normalized spacial score (nSPS) is 13.0. The lowest BCUT2D eigenvalue weighted by molar-refractivity contribution is -0.113. The molecule has 2 heterocycles. The molecule has 0 unspecified atom stereocenters. The second-order valence-electron chi connectivity index (χ2n) is 9.07. The van der Waals surface area contributed by atoms with Gasteiger partial charge in [-0.2, -0.15) is 0 Å². The van der Waals surface area contributed by atoms with E-state index in [4.69, 9.17) is 18.9 Å². The summed E-state index contributed by atoms with van der Waals surface area (Å²) in [5, 5.41) is 12.8. The van der Waals surface area contributed by atoms with E-state index in [-0.39, 0.29) is 11.7 Å². The number of thiophene rings is 1. The zero-order valence-corrected chi connectivity index (χ0v) is 24.8. The molecule has 1 aliphatic rings. The molecule has 10 nitrogen and oxygen atoms in total. The Labute approximate surface area is 242 Å². The molecule has 0 aliphatic heterocycles. The predicted octanol–water partition coefficient (Wildman–Crippen LogP) is 5.39. The number of allylic oxidation sites excluding steroid dienone is 1. The molecule has 0 spiro atoms. The molecule has 1 aromatic carbocycles. The van der Waals surface area contributed by atoms with Crippen LogP contribution in [0.5, 0.6) is 17.2 Å². The van der Waals surface area contributed by atoms with Crippen molar-refractivity contribution in [2.75, 3.05) is 39.5 Å². The van der Waals surface area contributed by atoms with Crippen LogP contribution in [0.25, 0.3) is 11.4 Å². The third-order valence-electron chi connectivity index (χ3n) is 6.60. The van der Waals surface area contributed by atoms with Gasteiger partial charge < -0.3 is 24.3 Å². The number of esters is 1. The van der Waals surface area contributed by atoms with E-state index < -0.39 is 5.97 Å². The summed E-state index contributed by atoms with van der Waals surface area (Å²) < 4.78 is 23.3. The van der Waals surface area contributed by atoms with E-state index in [1.54, 1.807) is 39.5 Å². The van der Waals surface area contributed by atoms with Crippen molar-refractivity contribution in [2.24, 2.45) is 0 Å². The van der Waals surface area contributed by atoms with Gasteiger partial charge in [0, 0.05) is 17.0 Å². The Morgan fingerprint density at radius 1 is 1.05 bits per heavy atom. The van der Waals surface area contributed by atoms with Gasteiger partial charge in [-0.05, 0) is 43.4 Å². The Balaban J connectivity index is 1.56. The lowest BCUT2D eigenvalue weighted by atomic mass is 9.96. The van der Waals surface area contributed by atoms with Crippen LogP contribution < -0.4 is 19.5 Å². The summed E-state index contributed by atoms with van der Waals surface area (Å²) in [5.41, 5.74) is 2.21. The number of nitrogens with one attached hydrogen (secondary N) is 1. The zero-order valence-electron chi connectivity index (χ0n) is 23.2. The molecule has 0 radical (unpaired) electrons. The summed E-state index contributed by atoms with van der Waals surface area (Å²) in [7, 11) is 6.01. The van der Waals surface area contributed by atoms with Crippen molar-refractivity contribution in [2.45, 2.75) is 50.2 Å². The standard InChI is InChI=1S/C28H34N4O6S2/c1-6-13-32-25(17-14-19(35-2)24(37-4)20(15-17)36-3)30-31-28(32)39-16-22(33)29-26-23(27(34)38-5)18-11-9-7-8-10-12-21(18)40-26/h6,14-15H,1,7-13,16H2,2-5H3,(H,29,33). The molecule has 2 aromatic heterocycles. The van der Waals surface area contributed by atoms with Crippen LogP contribution >= 0.6 is 23.1 Å². The van der Waals surface area contributed by atoms with Gasteiger partial charge in [-0.15, -0.1) is 28.1 Å². The molecule has 0 atom stereocenters. The molecule has 3 aromatic rings. The molecule has 0 saturated heterocycles. The largest absolute Gasteiger partial charge is 0.493 e. The molecule has 12 heteroatoms. The summed E-state index contributed by atoms with van der Waals surface area (Å²) in [4.78, 5) is 26.9. The topological polar surface area (TPSA) is 114 Å². The van der Waals surface area contributed by atoms with Crippen LogP contribution in [-0.2, 0) is 28.9 Å². The molecule has 214 valence electrons. The number of thioether (sulfide) groups is 1. The van der Waals surface area contributed by atoms with Crippen LogP contribution in [-0.4, -0.2) is 60.8 Å². The van der Waals surface area contributed by atoms with Crippen LogP contribution in [0, 0.1) is 0 Å². The summed E-state index contributed by atoms with van der Waals surface area (Å²) in [6.45, 7) is 4.28. The molecule has 4 rings (SSSR count). The first-order valence-electron chi connectivity index (χ1n) is 13.0. The molecule has 0 fully saturated rings. The van der Waals surface area contributed by atoms with Gasteiger partial charge in [0.1, 0.15) is 5.00 Å². The third kappa shape index (κ3) is 6.28. The molecule has 1 amide bonds. The van der Waals surface area contributed by atoms with Crippen molar-refractivity contribution < 1.29 is 28.5 Å². The monoisotopic (exact) mass is 586 g/mol. The number of carbonyl (C=O) groups is 2. The van der Waals surface area contributed by atoms with E-state index in [0.29, 0.717) is 50.9 Å². The highest BCUT2D eigenvalue weighted by Crippen LogP contribution is 2.41. The smallest absolute Gasteiger partial charge is 0.341 e. The summed E-state index contributed by atoms with van der Waals surface area (Å²) >= 11 is 2.73. The fourth-order valence-electron chi connectivity index (χ4n) is 4.73. The molecular weight excluding hydrogens is 552 g/mol. The average Bonchev–Trinajstić information content (AvgIpc) is 3.50. The molecular formula is C28H34N4O6S2. The molecule has 1 N–H and O–H groups in total. The number of fused-ring (bicyclic) bond motifs is 1. The van der Waals surface area contributed by atoms with Crippen LogP contribution in [0.2, 0.25) is 0 Å². The number of aromatic nitrogens is 3. The van der Waals surface area contributed by atoms with Gasteiger partial charge in [-0.1, -0.05) is 30.7 Å². The Morgan fingerprint density at radius 3 is 2.38 bits per heavy atom. The lowest BCUT2D eigenvalue weighted by Crippen LogP contribution is -2.17. The van der Waals surface area contributed by atoms with Crippen LogP contribution in [0.3, 0.4) is 0 Å². The van der Waals surface area contributed by atoms with Crippen molar-refractivity contribution in [3.8, 4) is 28.6 Å². The number of aryl methyl sites for hydroxylation is 1. The molecule has 0 bridgehead atoms. The van der Waals surface area contributed by atoms with Crippen LogP contribution in [0.15, 0.2) is 29.9 Å². The first-order valence-corrected chi connectivity index (χ1v) is 14.8. The van der Waals surface area contributed by atoms with Gasteiger partial charge in [0.05, 0.1) is 39.8 Å². The second-order valence-corrected chi connectivity index (χ2v) is 11.1. The minimum absolute atomic E-state index is 0.0771. The van der Waals surface area contributed by atoms with E-state index in [1.807, 2.05) is 4.57 Å². The van der Waals surface area contributed by atoms with E-state index in [2.05, 4.69) is 22.1 Å². The molecule has 1 aliphatic carbocycles. The maximum absolute atomic E-state index is 13.1. The van der Waals surface area contributed by atoms with Crippen molar-refractivity contribution in [3.05, 3.63) is 40.8 Å². The van der Waals surface area contributed by atoms with E-state index in [1.165, 1.54) is 36.6 Å². The number of amides is 1. The Kier molecular flexibility index (Phi) is 10.1. The SMILES string of the molecule is C=CCn1c(SCC(=O)Nc2sc3c(c2C(=O)OC)CCCCCC3)nnc1-c1cc(OC)c(OC)c(OC)c1. The van der Waals surface area contributed by atoms with Gasteiger partial charge in [-0.25, -0.2) is 4.79 Å². The summed E-state index contributed by atoms with van der Waals surface area (Å²) in [5.74, 6) is 1.44. The van der Waals surface area contributed by atoms with Crippen molar-refractivity contribution in [1.82, 2.24) is 14.8 Å². The van der Waals surface area contributed by atoms with Crippen LogP contribution in [0.4, 0.5) is 5.00 Å². The van der Waals surface area contributed by atoms with Crippen molar-refractivity contribution >= 4 is 40.0 Å². The van der Waals surface area contributed by atoms with Crippen molar-refractivity contribution in [3.63, 3.8) is 0 Å². The summed E-state index contributed by atoms with van der Waals surface area (Å²) in [6, 6.07) is 3.59. The fraction of sp³-hybridized carbons (Fsp3) is 0.429. The number of anilines is 1. The van der Waals surface area contributed by atoms with Gasteiger partial charge in [-0.3, -0.25) is 9.36 Å². The highest BCUT2D eigenvalue weighted by molar-refractivity contribution is 7.99. The molecule has 40 heavy (non-hydrogen) atoms. The fourth-order valence-corrected chi connectivity index (χ4v) is 6.77. The number of hydrogen-bond donors (Lipinski definition) is 1. The number of benzene rings is 1. The second kappa shape index (κ2) is 13.7. The minimum Gasteiger partial charge on any atom is -0.493 e. The van der Waals surface area contributed by atoms with E-state index in [0.717, 1.165) is 42.5 Å². The maximum Gasteiger partial charge on any atom is 0.341 e. The summed E-state index contributed by atoms with van der Waals surface area (Å²) in [6.07, 6.45) is 7.86. The van der Waals surface area contributed by atoms with Crippen LogP contribution in [0.1, 0.15) is 46.5 Å². The maximum atomic E-state index is 13.1. The van der Waals surface area contributed by atoms with Gasteiger partial charge in [0.15, 0.2) is 22.5 Å². The van der Waals surface area contributed by atoms with Gasteiger partial charge in [0.2, 0.25) is 11.7 Å². The third-order valence-corrected chi connectivity index (χ3v) is 8.77. The number of nitrogens with zero attached hydrogens (tertiary/aromatic N) is 3. The number of hydrogen-bond acceptors (Lipinski definition) is 10. The highest BCUT2D eigenvalue weighted by Gasteiger charge is 2.26. The number of carbonyl (C=O) groups excluding carboxylic acids is 2. The number of ether oxygens (including phenoxy) is 4.